The van der Waals surface area contributed by atoms with Crippen LogP contribution in [0, 0.1) is 5.41 Å². The summed E-state index contributed by atoms with van der Waals surface area (Å²) >= 11 is 0. The zero-order valence-electron chi connectivity index (χ0n) is 14.8. The summed E-state index contributed by atoms with van der Waals surface area (Å²) in [6, 6.07) is 5.30. The monoisotopic (exact) mass is 347 g/mol. The average molecular weight is 347 g/mol. The molecule has 0 spiro atoms. The molecule has 0 unspecified atom stereocenters. The van der Waals surface area contributed by atoms with Crippen LogP contribution in [0.5, 0.6) is 11.5 Å². The standard InChI is InChI=1S/C17H25N5O3/c1-10(2)25-15-8-11(24-6-4-5-18)7-13-12(15)9-14(21-13)16(23)22(3)17(19)20/h7-10,21H,4-6,18H2,1-3H3,(H3,19,20). The molecule has 0 atom stereocenters. The van der Waals surface area contributed by atoms with Crippen LogP contribution >= 0.6 is 0 Å². The summed E-state index contributed by atoms with van der Waals surface area (Å²) in [6.45, 7) is 4.91. The van der Waals surface area contributed by atoms with E-state index in [9.17, 15) is 4.79 Å². The predicted octanol–water partition coefficient (Wildman–Crippen LogP) is 1.65. The van der Waals surface area contributed by atoms with E-state index in [1.54, 1.807) is 12.1 Å². The SMILES string of the molecule is CC(C)Oc1cc(OCCCN)cc2[nH]c(C(=O)N(C)C(=N)N)cc12. The molecule has 1 heterocycles. The quantitative estimate of drug-likeness (QED) is 0.344. The summed E-state index contributed by atoms with van der Waals surface area (Å²) in [6.07, 6.45) is 0.715. The fraction of sp³-hybridized carbons (Fsp3) is 0.412. The number of hydrogen-bond acceptors (Lipinski definition) is 5. The highest BCUT2D eigenvalue weighted by Gasteiger charge is 2.19. The zero-order chi connectivity index (χ0) is 18.6. The van der Waals surface area contributed by atoms with Crippen molar-refractivity contribution in [2.24, 2.45) is 11.5 Å². The number of amides is 1. The third-order valence-electron chi connectivity index (χ3n) is 3.55. The van der Waals surface area contributed by atoms with Gasteiger partial charge in [-0.25, -0.2) is 0 Å². The maximum absolute atomic E-state index is 12.4. The minimum atomic E-state index is -0.398. The molecular weight excluding hydrogens is 322 g/mol. The second-order valence-corrected chi connectivity index (χ2v) is 5.97. The van der Waals surface area contributed by atoms with Gasteiger partial charge in [-0.2, -0.15) is 0 Å². The molecule has 0 fully saturated rings. The Kier molecular flexibility index (Phi) is 5.87. The number of carbonyl (C=O) groups is 1. The van der Waals surface area contributed by atoms with Crippen LogP contribution in [-0.2, 0) is 0 Å². The molecule has 0 bridgehead atoms. The van der Waals surface area contributed by atoms with Gasteiger partial charge in [0.25, 0.3) is 5.91 Å². The second kappa shape index (κ2) is 7.89. The number of ether oxygens (including phenoxy) is 2. The molecule has 2 rings (SSSR count). The van der Waals surface area contributed by atoms with Gasteiger partial charge in [0, 0.05) is 24.6 Å². The Morgan fingerprint density at radius 2 is 2.08 bits per heavy atom. The van der Waals surface area contributed by atoms with Crippen molar-refractivity contribution in [1.29, 1.82) is 5.41 Å². The minimum absolute atomic E-state index is 0.0311. The van der Waals surface area contributed by atoms with Crippen LogP contribution in [0.3, 0.4) is 0 Å². The van der Waals surface area contributed by atoms with Crippen LogP contribution in [0.2, 0.25) is 0 Å². The van der Waals surface area contributed by atoms with E-state index < -0.39 is 5.91 Å². The minimum Gasteiger partial charge on any atom is -0.493 e. The highest BCUT2D eigenvalue weighted by molar-refractivity contribution is 6.06. The number of guanidine groups is 1. The maximum atomic E-state index is 12.4. The van der Waals surface area contributed by atoms with Crippen molar-refractivity contribution >= 4 is 22.8 Å². The fourth-order valence-electron chi connectivity index (χ4n) is 2.29. The Morgan fingerprint density at radius 3 is 2.68 bits per heavy atom. The summed E-state index contributed by atoms with van der Waals surface area (Å²) < 4.78 is 11.6. The first-order chi connectivity index (χ1) is 11.8. The molecule has 6 N–H and O–H groups in total. The second-order valence-electron chi connectivity index (χ2n) is 5.97. The number of aromatic nitrogens is 1. The van der Waals surface area contributed by atoms with E-state index in [0.29, 0.717) is 35.9 Å². The van der Waals surface area contributed by atoms with E-state index in [4.69, 9.17) is 26.4 Å². The van der Waals surface area contributed by atoms with Crippen LogP contribution in [0.15, 0.2) is 18.2 Å². The molecule has 8 nitrogen and oxygen atoms in total. The van der Waals surface area contributed by atoms with Crippen molar-refractivity contribution in [2.75, 3.05) is 20.2 Å². The number of benzene rings is 1. The molecule has 0 aliphatic rings. The Balaban J connectivity index is 2.42. The third-order valence-corrected chi connectivity index (χ3v) is 3.55. The van der Waals surface area contributed by atoms with Gasteiger partial charge in [0.1, 0.15) is 17.2 Å². The first-order valence-electron chi connectivity index (χ1n) is 8.11. The molecule has 2 aromatic rings. The van der Waals surface area contributed by atoms with Crippen molar-refractivity contribution in [3.05, 3.63) is 23.9 Å². The number of nitrogens with zero attached hydrogens (tertiary/aromatic N) is 1. The molecule has 1 aromatic carbocycles. The van der Waals surface area contributed by atoms with Crippen molar-refractivity contribution in [3.63, 3.8) is 0 Å². The van der Waals surface area contributed by atoms with Crippen LogP contribution in [0.1, 0.15) is 30.8 Å². The first-order valence-corrected chi connectivity index (χ1v) is 8.11. The molecule has 1 aromatic heterocycles. The number of hydrogen-bond donors (Lipinski definition) is 4. The van der Waals surface area contributed by atoms with Gasteiger partial charge in [0.15, 0.2) is 5.96 Å². The third kappa shape index (κ3) is 4.42. The number of nitrogens with two attached hydrogens (primary N) is 2. The van der Waals surface area contributed by atoms with Gasteiger partial charge < -0.3 is 25.9 Å². The average Bonchev–Trinajstić information content (AvgIpc) is 2.97. The van der Waals surface area contributed by atoms with Gasteiger partial charge >= 0.3 is 0 Å². The molecule has 8 heteroatoms. The summed E-state index contributed by atoms with van der Waals surface area (Å²) in [5, 5.41) is 8.16. The number of aromatic amines is 1. The Morgan fingerprint density at radius 1 is 1.36 bits per heavy atom. The van der Waals surface area contributed by atoms with Crippen molar-refractivity contribution in [3.8, 4) is 11.5 Å². The number of H-pyrrole nitrogens is 1. The fourth-order valence-corrected chi connectivity index (χ4v) is 2.29. The van der Waals surface area contributed by atoms with Gasteiger partial charge in [-0.3, -0.25) is 15.1 Å². The molecule has 0 saturated heterocycles. The molecule has 0 aliphatic carbocycles. The summed E-state index contributed by atoms with van der Waals surface area (Å²) in [7, 11) is 1.45. The smallest absolute Gasteiger partial charge is 0.276 e. The van der Waals surface area contributed by atoms with Gasteiger partial charge in [0.05, 0.1) is 18.2 Å². The van der Waals surface area contributed by atoms with E-state index in [0.717, 1.165) is 16.7 Å². The molecule has 136 valence electrons. The van der Waals surface area contributed by atoms with E-state index in [-0.39, 0.29) is 12.1 Å². The van der Waals surface area contributed by atoms with Crippen molar-refractivity contribution in [2.45, 2.75) is 26.4 Å². The summed E-state index contributed by atoms with van der Waals surface area (Å²) in [4.78, 5) is 16.5. The lowest BCUT2D eigenvalue weighted by Crippen LogP contribution is -2.38. The number of fused-ring (bicyclic) bond motifs is 1. The normalized spacial score (nSPS) is 10.9. The van der Waals surface area contributed by atoms with Crippen LogP contribution in [-0.4, -0.2) is 48.1 Å². The molecule has 0 saturated carbocycles. The summed E-state index contributed by atoms with van der Waals surface area (Å²) in [5.41, 5.74) is 11.9. The van der Waals surface area contributed by atoms with Gasteiger partial charge in [0.2, 0.25) is 0 Å². The zero-order valence-corrected chi connectivity index (χ0v) is 14.8. The van der Waals surface area contributed by atoms with Crippen LogP contribution in [0.4, 0.5) is 0 Å². The summed E-state index contributed by atoms with van der Waals surface area (Å²) in [5.74, 6) is 0.534. The Hall–Kier alpha value is -2.74. The van der Waals surface area contributed by atoms with E-state index in [1.807, 2.05) is 19.9 Å². The number of nitrogens with one attached hydrogen (secondary N) is 2. The molecular formula is C17H25N5O3. The van der Waals surface area contributed by atoms with Crippen LogP contribution in [0.25, 0.3) is 10.9 Å². The molecule has 1 amide bonds. The first kappa shape index (κ1) is 18.6. The van der Waals surface area contributed by atoms with Crippen molar-refractivity contribution in [1.82, 2.24) is 9.88 Å². The van der Waals surface area contributed by atoms with Crippen molar-refractivity contribution < 1.29 is 14.3 Å². The number of rotatable bonds is 7. The Bertz CT molecular complexity index is 769. The van der Waals surface area contributed by atoms with E-state index in [2.05, 4.69) is 4.98 Å². The lowest BCUT2D eigenvalue weighted by Gasteiger charge is -2.13. The largest absolute Gasteiger partial charge is 0.493 e. The lowest BCUT2D eigenvalue weighted by molar-refractivity contribution is 0.0864. The lowest BCUT2D eigenvalue weighted by atomic mass is 10.2. The number of carbonyl (C=O) groups excluding carboxylic acids is 1. The topological polar surface area (TPSA) is 130 Å². The highest BCUT2D eigenvalue weighted by Crippen LogP contribution is 2.33. The van der Waals surface area contributed by atoms with E-state index >= 15 is 0 Å². The van der Waals surface area contributed by atoms with Gasteiger partial charge in [-0.05, 0) is 32.9 Å². The maximum Gasteiger partial charge on any atom is 0.276 e. The highest BCUT2D eigenvalue weighted by atomic mass is 16.5. The van der Waals surface area contributed by atoms with Gasteiger partial charge in [-0.1, -0.05) is 0 Å². The van der Waals surface area contributed by atoms with E-state index in [1.165, 1.54) is 7.05 Å². The Labute approximate surface area is 146 Å². The van der Waals surface area contributed by atoms with Gasteiger partial charge in [-0.15, -0.1) is 0 Å². The molecule has 0 radical (unpaired) electrons. The predicted molar refractivity (Wildman–Crippen MR) is 97.2 cm³/mol. The van der Waals surface area contributed by atoms with Crippen LogP contribution < -0.4 is 20.9 Å². The molecule has 25 heavy (non-hydrogen) atoms. The molecule has 0 aliphatic heterocycles.